The zero-order valence-corrected chi connectivity index (χ0v) is 14.6. The number of carbonyl (C=O) groups excluding carboxylic acids is 2. The fourth-order valence-corrected chi connectivity index (χ4v) is 2.46. The molecule has 0 unspecified atom stereocenters. The van der Waals surface area contributed by atoms with Crippen molar-refractivity contribution >= 4 is 43.8 Å². The van der Waals surface area contributed by atoms with E-state index in [-0.39, 0.29) is 11.0 Å². The van der Waals surface area contributed by atoms with Crippen molar-refractivity contribution in [2.45, 2.75) is 0 Å². The van der Waals surface area contributed by atoms with Crippen LogP contribution in [0.4, 0.5) is 0 Å². The number of esters is 2. The topological polar surface area (TPSA) is 52.6 Å². The number of halogens is 2. The SMILES string of the molecule is O=C(OCBr)c1ccccc1-c1ccccc1C(=O)OCBr. The molecule has 22 heavy (non-hydrogen) atoms. The fraction of sp³-hybridized carbons (Fsp3) is 0.125. The Bertz CT molecular complexity index is 626. The van der Waals surface area contributed by atoms with Crippen molar-refractivity contribution in [3.05, 3.63) is 59.7 Å². The minimum absolute atomic E-state index is 0.105. The van der Waals surface area contributed by atoms with Crippen LogP contribution in [0.1, 0.15) is 20.7 Å². The Morgan fingerprint density at radius 3 is 1.45 bits per heavy atom. The van der Waals surface area contributed by atoms with Gasteiger partial charge in [-0.3, -0.25) is 0 Å². The summed E-state index contributed by atoms with van der Waals surface area (Å²) in [6.45, 7) is 0. The van der Waals surface area contributed by atoms with Crippen molar-refractivity contribution < 1.29 is 19.1 Å². The molecule has 0 aromatic heterocycles. The van der Waals surface area contributed by atoms with E-state index in [1.165, 1.54) is 0 Å². The number of alkyl halides is 2. The van der Waals surface area contributed by atoms with E-state index in [1.807, 2.05) is 0 Å². The largest absolute Gasteiger partial charge is 0.450 e. The van der Waals surface area contributed by atoms with Gasteiger partial charge in [0.2, 0.25) is 0 Å². The van der Waals surface area contributed by atoms with Crippen molar-refractivity contribution in [1.82, 2.24) is 0 Å². The van der Waals surface area contributed by atoms with Gasteiger partial charge in [-0.1, -0.05) is 36.4 Å². The summed E-state index contributed by atoms with van der Waals surface area (Å²) < 4.78 is 9.98. The highest BCUT2D eigenvalue weighted by Gasteiger charge is 2.19. The fourth-order valence-electron chi connectivity index (χ4n) is 2.05. The van der Waals surface area contributed by atoms with Crippen molar-refractivity contribution in [2.24, 2.45) is 0 Å². The average Bonchev–Trinajstić information content (AvgIpc) is 2.55. The molecule has 2 aromatic rings. The molecule has 0 saturated carbocycles. The number of rotatable bonds is 5. The second-order valence-corrected chi connectivity index (χ2v) is 5.09. The van der Waals surface area contributed by atoms with Crippen molar-refractivity contribution in [2.75, 3.05) is 11.0 Å². The molecular weight excluding hydrogens is 416 g/mol. The first-order valence-electron chi connectivity index (χ1n) is 6.33. The average molecular weight is 428 g/mol. The third kappa shape index (κ3) is 3.75. The molecule has 114 valence electrons. The van der Waals surface area contributed by atoms with E-state index in [4.69, 9.17) is 9.47 Å². The maximum absolute atomic E-state index is 12.1. The second kappa shape index (κ2) is 8.10. The molecule has 0 aliphatic carbocycles. The van der Waals surface area contributed by atoms with E-state index in [0.29, 0.717) is 22.3 Å². The minimum atomic E-state index is -0.462. The first kappa shape index (κ1) is 16.7. The Morgan fingerprint density at radius 1 is 0.727 bits per heavy atom. The number of ether oxygens (including phenoxy) is 2. The zero-order chi connectivity index (χ0) is 15.9. The lowest BCUT2D eigenvalue weighted by Crippen LogP contribution is -2.09. The highest BCUT2D eigenvalue weighted by molar-refractivity contribution is 9.09. The van der Waals surface area contributed by atoms with Crippen LogP contribution in [0.5, 0.6) is 0 Å². The van der Waals surface area contributed by atoms with Crippen LogP contribution in [0, 0.1) is 0 Å². The van der Waals surface area contributed by atoms with Crippen molar-refractivity contribution in [3.63, 3.8) is 0 Å². The molecule has 0 bridgehead atoms. The second-order valence-electron chi connectivity index (χ2n) is 4.17. The molecule has 6 heteroatoms. The number of carbonyl (C=O) groups is 2. The highest BCUT2D eigenvalue weighted by Crippen LogP contribution is 2.28. The lowest BCUT2D eigenvalue weighted by Gasteiger charge is -2.12. The molecule has 0 radical (unpaired) electrons. The van der Waals surface area contributed by atoms with Gasteiger partial charge in [0, 0.05) is 0 Å². The molecule has 0 amide bonds. The Balaban J connectivity index is 2.53. The summed E-state index contributed by atoms with van der Waals surface area (Å²) in [6, 6.07) is 13.9. The molecule has 0 saturated heterocycles. The summed E-state index contributed by atoms with van der Waals surface area (Å²) >= 11 is 6.13. The smallest absolute Gasteiger partial charge is 0.339 e. The molecule has 2 aromatic carbocycles. The third-order valence-corrected chi connectivity index (χ3v) is 3.41. The van der Waals surface area contributed by atoms with Gasteiger partial charge in [0.25, 0.3) is 0 Å². The van der Waals surface area contributed by atoms with Crippen LogP contribution in [-0.4, -0.2) is 23.0 Å². The van der Waals surface area contributed by atoms with E-state index in [2.05, 4.69) is 31.9 Å². The van der Waals surface area contributed by atoms with E-state index in [0.717, 1.165) is 0 Å². The summed E-state index contributed by atoms with van der Waals surface area (Å²) in [7, 11) is 0. The number of hydrogen-bond donors (Lipinski definition) is 0. The first-order chi connectivity index (χ1) is 10.7. The molecular formula is C16H12Br2O4. The van der Waals surface area contributed by atoms with Gasteiger partial charge in [-0.15, -0.1) is 0 Å². The molecule has 0 aliphatic rings. The lowest BCUT2D eigenvalue weighted by atomic mass is 9.95. The Kier molecular flexibility index (Phi) is 6.15. The highest BCUT2D eigenvalue weighted by atomic mass is 79.9. The van der Waals surface area contributed by atoms with Crippen LogP contribution >= 0.6 is 31.9 Å². The minimum Gasteiger partial charge on any atom is -0.450 e. The molecule has 0 aliphatic heterocycles. The van der Waals surface area contributed by atoms with Gasteiger partial charge in [0.15, 0.2) is 0 Å². The van der Waals surface area contributed by atoms with Gasteiger partial charge >= 0.3 is 11.9 Å². The summed E-state index contributed by atoms with van der Waals surface area (Å²) in [5.74, 6) is -0.924. The van der Waals surface area contributed by atoms with Crippen LogP contribution in [0.3, 0.4) is 0 Å². The van der Waals surface area contributed by atoms with Gasteiger partial charge in [0.1, 0.15) is 11.0 Å². The summed E-state index contributed by atoms with van der Waals surface area (Å²) in [4.78, 5) is 24.1. The predicted octanol–water partition coefficient (Wildman–Crippen LogP) is 4.37. The van der Waals surface area contributed by atoms with Crippen LogP contribution in [0.2, 0.25) is 0 Å². The van der Waals surface area contributed by atoms with Crippen LogP contribution < -0.4 is 0 Å². The van der Waals surface area contributed by atoms with Crippen molar-refractivity contribution in [3.8, 4) is 11.1 Å². The Hall–Kier alpha value is -1.66. The van der Waals surface area contributed by atoms with E-state index >= 15 is 0 Å². The van der Waals surface area contributed by atoms with Gasteiger partial charge in [-0.25, -0.2) is 9.59 Å². The maximum atomic E-state index is 12.1. The molecule has 0 heterocycles. The maximum Gasteiger partial charge on any atom is 0.339 e. The predicted molar refractivity (Wildman–Crippen MR) is 90.3 cm³/mol. The van der Waals surface area contributed by atoms with E-state index in [9.17, 15) is 9.59 Å². The molecule has 0 fully saturated rings. The Labute approximate surface area is 144 Å². The van der Waals surface area contributed by atoms with Crippen molar-refractivity contribution in [1.29, 1.82) is 0 Å². The van der Waals surface area contributed by atoms with E-state index < -0.39 is 11.9 Å². The quantitative estimate of drug-likeness (QED) is 0.525. The van der Waals surface area contributed by atoms with Crippen LogP contribution in [0.15, 0.2) is 48.5 Å². The summed E-state index contributed by atoms with van der Waals surface area (Å²) in [6.07, 6.45) is 0. The molecule has 0 atom stereocenters. The normalized spacial score (nSPS) is 10.1. The molecule has 2 rings (SSSR count). The summed E-state index contributed by atoms with van der Waals surface area (Å²) in [5.41, 5.74) is 2.23. The van der Waals surface area contributed by atoms with Gasteiger partial charge < -0.3 is 9.47 Å². The van der Waals surface area contributed by atoms with Gasteiger partial charge in [-0.2, -0.15) is 0 Å². The zero-order valence-electron chi connectivity index (χ0n) is 11.4. The van der Waals surface area contributed by atoms with Gasteiger partial charge in [-0.05, 0) is 55.1 Å². The van der Waals surface area contributed by atoms with Gasteiger partial charge in [0.05, 0.1) is 11.1 Å². The van der Waals surface area contributed by atoms with E-state index in [1.54, 1.807) is 48.5 Å². The Morgan fingerprint density at radius 2 is 1.09 bits per heavy atom. The monoisotopic (exact) mass is 426 g/mol. The number of benzene rings is 2. The lowest BCUT2D eigenvalue weighted by molar-refractivity contribution is 0.0573. The summed E-state index contributed by atoms with van der Waals surface area (Å²) in [5, 5.41) is 0. The molecule has 0 N–H and O–H groups in total. The number of hydrogen-bond acceptors (Lipinski definition) is 4. The standard InChI is InChI=1S/C16H12Br2O4/c17-9-21-15(19)13-7-3-1-5-11(13)12-6-2-4-8-14(12)16(20)22-10-18/h1-8H,9-10H2. The van der Waals surface area contributed by atoms with Crippen LogP contribution in [0.25, 0.3) is 11.1 Å². The molecule has 4 nitrogen and oxygen atoms in total. The third-order valence-electron chi connectivity index (χ3n) is 2.96. The van der Waals surface area contributed by atoms with Crippen LogP contribution in [-0.2, 0) is 9.47 Å². The molecule has 0 spiro atoms. The first-order valence-corrected chi connectivity index (χ1v) is 8.58.